The number of hydrogen-bond acceptors (Lipinski definition) is 2. The minimum Gasteiger partial charge on any atom is -0.338 e. The van der Waals surface area contributed by atoms with Crippen molar-refractivity contribution in [3.8, 4) is 0 Å². The normalized spacial score (nSPS) is 10.4. The van der Waals surface area contributed by atoms with E-state index in [1.807, 2.05) is 47.3 Å². The van der Waals surface area contributed by atoms with Gasteiger partial charge in [0.1, 0.15) is 5.82 Å². The van der Waals surface area contributed by atoms with Crippen molar-refractivity contribution < 1.29 is 9.18 Å². The van der Waals surface area contributed by atoms with Gasteiger partial charge in [-0.25, -0.2) is 9.18 Å². The molecule has 2 amide bonds. The Kier molecular flexibility index (Phi) is 5.41. The third kappa shape index (κ3) is 5.17. The van der Waals surface area contributed by atoms with Gasteiger partial charge >= 0.3 is 6.03 Å². The number of urea groups is 1. The van der Waals surface area contributed by atoms with Crippen molar-refractivity contribution in [1.29, 1.82) is 0 Å². The Balaban J connectivity index is 1.44. The van der Waals surface area contributed by atoms with Gasteiger partial charge < -0.3 is 10.6 Å². The molecule has 0 bridgehead atoms. The molecule has 6 heteroatoms. The van der Waals surface area contributed by atoms with Gasteiger partial charge in [-0.3, -0.25) is 4.68 Å². The zero-order chi connectivity index (χ0) is 17.5. The summed E-state index contributed by atoms with van der Waals surface area (Å²) in [5, 5.41) is 9.70. The van der Waals surface area contributed by atoms with Crippen LogP contribution in [0.5, 0.6) is 0 Å². The lowest BCUT2D eigenvalue weighted by Gasteiger charge is -2.09. The third-order valence-corrected chi connectivity index (χ3v) is 3.70. The molecule has 0 atom stereocenters. The van der Waals surface area contributed by atoms with Crippen LogP contribution in [0.1, 0.15) is 11.1 Å². The summed E-state index contributed by atoms with van der Waals surface area (Å²) >= 11 is 0. The zero-order valence-corrected chi connectivity index (χ0v) is 13.7. The van der Waals surface area contributed by atoms with Crippen LogP contribution in [0.25, 0.3) is 0 Å². The van der Waals surface area contributed by atoms with Gasteiger partial charge in [-0.05, 0) is 47.9 Å². The van der Waals surface area contributed by atoms with E-state index in [9.17, 15) is 9.18 Å². The summed E-state index contributed by atoms with van der Waals surface area (Å²) in [7, 11) is 0. The Hall–Kier alpha value is -3.15. The van der Waals surface area contributed by atoms with Crippen LogP contribution in [0.15, 0.2) is 67.0 Å². The molecule has 0 saturated carbocycles. The van der Waals surface area contributed by atoms with E-state index in [1.54, 1.807) is 12.3 Å². The summed E-state index contributed by atoms with van der Waals surface area (Å²) in [5.41, 5.74) is 2.66. The molecule has 0 spiro atoms. The van der Waals surface area contributed by atoms with E-state index in [-0.39, 0.29) is 11.8 Å². The Bertz CT molecular complexity index is 816. The monoisotopic (exact) mass is 338 g/mol. The van der Waals surface area contributed by atoms with E-state index in [2.05, 4.69) is 15.7 Å². The minimum absolute atomic E-state index is 0.267. The lowest BCUT2D eigenvalue weighted by molar-refractivity contribution is 0.252. The number of carbonyl (C=O) groups excluding carboxylic acids is 1. The Labute approximate surface area is 145 Å². The van der Waals surface area contributed by atoms with Crippen molar-refractivity contribution in [2.45, 2.75) is 13.0 Å². The second kappa shape index (κ2) is 8.10. The van der Waals surface area contributed by atoms with E-state index < -0.39 is 0 Å². The molecule has 0 unspecified atom stereocenters. The number of amides is 2. The summed E-state index contributed by atoms with van der Waals surface area (Å²) in [5.74, 6) is -0.267. The van der Waals surface area contributed by atoms with Crippen molar-refractivity contribution in [2.24, 2.45) is 0 Å². The molecule has 128 valence electrons. The molecule has 1 heterocycles. The fourth-order valence-corrected chi connectivity index (χ4v) is 2.46. The Morgan fingerprint density at radius 2 is 1.92 bits per heavy atom. The minimum atomic E-state index is -0.281. The van der Waals surface area contributed by atoms with Gasteiger partial charge in [0.15, 0.2) is 0 Å². The summed E-state index contributed by atoms with van der Waals surface area (Å²) in [6.07, 6.45) is 4.22. The molecule has 5 nitrogen and oxygen atoms in total. The molecule has 2 aromatic carbocycles. The van der Waals surface area contributed by atoms with Gasteiger partial charge in [-0.1, -0.05) is 24.3 Å². The Morgan fingerprint density at radius 3 is 2.64 bits per heavy atom. The highest BCUT2D eigenvalue weighted by Crippen LogP contribution is 2.10. The molecule has 3 rings (SSSR count). The van der Waals surface area contributed by atoms with Crippen LogP contribution in [0.3, 0.4) is 0 Å². The van der Waals surface area contributed by atoms with Crippen LogP contribution in [0.2, 0.25) is 0 Å². The molecule has 0 aliphatic carbocycles. The van der Waals surface area contributed by atoms with Crippen LogP contribution < -0.4 is 10.6 Å². The number of benzene rings is 2. The predicted octanol–water partition coefficient (Wildman–Crippen LogP) is 3.43. The first-order chi connectivity index (χ1) is 12.2. The number of hydrogen-bond donors (Lipinski definition) is 2. The molecular formula is C19H19FN4O. The lowest BCUT2D eigenvalue weighted by Crippen LogP contribution is -2.30. The number of nitrogens with zero attached hydrogens (tertiary/aromatic N) is 2. The SMILES string of the molecule is O=C(NCCc1cccc(F)c1)Nc1ccc(Cn2cccn2)cc1. The van der Waals surface area contributed by atoms with Gasteiger partial charge in [0.2, 0.25) is 0 Å². The van der Waals surface area contributed by atoms with E-state index in [4.69, 9.17) is 0 Å². The molecule has 0 aliphatic heterocycles. The molecule has 0 saturated heterocycles. The first kappa shape index (κ1) is 16.7. The second-order valence-electron chi connectivity index (χ2n) is 5.66. The highest BCUT2D eigenvalue weighted by Gasteiger charge is 2.03. The van der Waals surface area contributed by atoms with Gasteiger partial charge in [0.25, 0.3) is 0 Å². The Morgan fingerprint density at radius 1 is 1.08 bits per heavy atom. The van der Waals surface area contributed by atoms with E-state index in [0.717, 1.165) is 11.1 Å². The molecule has 2 N–H and O–H groups in total. The number of carbonyl (C=O) groups is 1. The number of rotatable bonds is 6. The maximum absolute atomic E-state index is 13.1. The van der Waals surface area contributed by atoms with E-state index in [1.165, 1.54) is 12.1 Å². The molecule has 25 heavy (non-hydrogen) atoms. The standard InChI is InChI=1S/C19H19FN4O/c20-17-4-1-3-15(13-17)9-11-21-19(25)23-18-7-5-16(6-8-18)14-24-12-2-10-22-24/h1-8,10,12-13H,9,11,14H2,(H2,21,23,25). The molecule has 3 aromatic rings. The maximum atomic E-state index is 13.1. The third-order valence-electron chi connectivity index (χ3n) is 3.70. The number of anilines is 1. The van der Waals surface area contributed by atoms with Gasteiger partial charge in [0.05, 0.1) is 6.54 Å². The first-order valence-electron chi connectivity index (χ1n) is 8.05. The highest BCUT2D eigenvalue weighted by atomic mass is 19.1. The van der Waals surface area contributed by atoms with Gasteiger partial charge in [-0.2, -0.15) is 5.10 Å². The summed E-state index contributed by atoms with van der Waals surface area (Å²) in [4.78, 5) is 11.9. The summed E-state index contributed by atoms with van der Waals surface area (Å²) in [6, 6.07) is 15.6. The summed E-state index contributed by atoms with van der Waals surface area (Å²) in [6.45, 7) is 1.12. The molecule has 0 fully saturated rings. The van der Waals surface area contributed by atoms with E-state index >= 15 is 0 Å². The van der Waals surface area contributed by atoms with Crippen molar-refractivity contribution in [3.63, 3.8) is 0 Å². The van der Waals surface area contributed by atoms with Crippen molar-refractivity contribution in [2.75, 3.05) is 11.9 Å². The molecule has 1 aromatic heterocycles. The van der Waals surface area contributed by atoms with Gasteiger partial charge in [-0.15, -0.1) is 0 Å². The molecular weight excluding hydrogens is 319 g/mol. The average Bonchev–Trinajstić information content (AvgIpc) is 3.10. The fraction of sp³-hybridized carbons (Fsp3) is 0.158. The van der Waals surface area contributed by atoms with Gasteiger partial charge in [0, 0.05) is 24.6 Å². The van der Waals surface area contributed by atoms with Crippen LogP contribution >= 0.6 is 0 Å². The van der Waals surface area contributed by atoms with Crippen LogP contribution in [-0.4, -0.2) is 22.4 Å². The zero-order valence-electron chi connectivity index (χ0n) is 13.7. The van der Waals surface area contributed by atoms with Crippen LogP contribution in [-0.2, 0) is 13.0 Å². The average molecular weight is 338 g/mol. The second-order valence-corrected chi connectivity index (χ2v) is 5.66. The number of nitrogens with one attached hydrogen (secondary N) is 2. The smallest absolute Gasteiger partial charge is 0.319 e. The quantitative estimate of drug-likeness (QED) is 0.723. The largest absolute Gasteiger partial charge is 0.338 e. The topological polar surface area (TPSA) is 59.0 Å². The summed E-state index contributed by atoms with van der Waals surface area (Å²) < 4.78 is 14.9. The van der Waals surface area contributed by atoms with Crippen molar-refractivity contribution in [1.82, 2.24) is 15.1 Å². The van der Waals surface area contributed by atoms with Crippen LogP contribution in [0, 0.1) is 5.82 Å². The number of aromatic nitrogens is 2. The van der Waals surface area contributed by atoms with Crippen molar-refractivity contribution in [3.05, 3.63) is 83.9 Å². The van der Waals surface area contributed by atoms with Crippen molar-refractivity contribution >= 4 is 11.7 Å². The molecule has 0 aliphatic rings. The first-order valence-corrected chi connectivity index (χ1v) is 8.05. The maximum Gasteiger partial charge on any atom is 0.319 e. The molecule has 0 radical (unpaired) electrons. The predicted molar refractivity (Wildman–Crippen MR) is 94.9 cm³/mol. The highest BCUT2D eigenvalue weighted by molar-refractivity contribution is 5.89. The fourth-order valence-electron chi connectivity index (χ4n) is 2.46. The van der Waals surface area contributed by atoms with E-state index in [0.29, 0.717) is 25.2 Å². The lowest BCUT2D eigenvalue weighted by atomic mass is 10.1. The number of halogens is 1. The van der Waals surface area contributed by atoms with Crippen LogP contribution in [0.4, 0.5) is 14.9 Å².